The number of carbonyl (C=O) groups is 1. The molecule has 1 unspecified atom stereocenters. The van der Waals surface area contributed by atoms with Gasteiger partial charge in [0, 0.05) is 23.2 Å². The van der Waals surface area contributed by atoms with Gasteiger partial charge in [0.25, 0.3) is 0 Å². The van der Waals surface area contributed by atoms with E-state index in [1.54, 1.807) is 0 Å². The summed E-state index contributed by atoms with van der Waals surface area (Å²) in [4.78, 5) is 13.6. The van der Waals surface area contributed by atoms with Gasteiger partial charge in [-0.15, -0.1) is 0 Å². The fraction of sp³-hybridized carbons (Fsp3) is 0.148. The summed E-state index contributed by atoms with van der Waals surface area (Å²) in [7, 11) is 0. The van der Waals surface area contributed by atoms with Gasteiger partial charge in [-0.1, -0.05) is 66.7 Å². The van der Waals surface area contributed by atoms with E-state index < -0.39 is 0 Å². The second-order valence-electron chi connectivity index (χ2n) is 8.34. The van der Waals surface area contributed by atoms with Gasteiger partial charge < -0.3 is 10.1 Å². The molecule has 6 rings (SSSR count). The third-order valence-electron chi connectivity index (χ3n) is 6.70. The highest BCUT2D eigenvalue weighted by atomic mass is 16.6. The van der Waals surface area contributed by atoms with Crippen molar-refractivity contribution < 1.29 is 14.0 Å². The third kappa shape index (κ3) is 2.76. The van der Waals surface area contributed by atoms with Gasteiger partial charge in [-0.25, -0.2) is 0 Å². The molecule has 0 bridgehead atoms. The minimum atomic E-state index is -0.222. The summed E-state index contributed by atoms with van der Waals surface area (Å²) in [5, 5.41) is 3.47. The molecule has 1 amide bonds. The molecule has 0 saturated carbocycles. The Morgan fingerprint density at radius 3 is 2.39 bits per heavy atom. The van der Waals surface area contributed by atoms with Crippen LogP contribution in [0.1, 0.15) is 22.6 Å². The number of allylic oxidation sites excluding steroid dienone is 2. The quantitative estimate of drug-likeness (QED) is 0.547. The van der Waals surface area contributed by atoms with Crippen LogP contribution < -0.4 is 5.32 Å². The van der Waals surface area contributed by atoms with Crippen LogP contribution in [-0.2, 0) is 11.3 Å². The van der Waals surface area contributed by atoms with Crippen LogP contribution in [0.25, 0.3) is 11.1 Å². The Bertz CT molecular complexity index is 1210. The van der Waals surface area contributed by atoms with Crippen LogP contribution in [0.4, 0.5) is 10.5 Å². The van der Waals surface area contributed by atoms with Crippen molar-refractivity contribution in [3.05, 3.63) is 114 Å². The molecule has 152 valence electrons. The van der Waals surface area contributed by atoms with Gasteiger partial charge in [-0.2, -0.15) is 9.28 Å². The van der Waals surface area contributed by atoms with Crippen LogP contribution in [0.5, 0.6) is 0 Å². The highest BCUT2D eigenvalue weighted by molar-refractivity contribution is 5.79. The normalized spacial score (nSPS) is 20.6. The predicted molar refractivity (Wildman–Crippen MR) is 121 cm³/mol. The van der Waals surface area contributed by atoms with Crippen molar-refractivity contribution in [3.63, 3.8) is 0 Å². The minimum Gasteiger partial charge on any atom is -0.418 e. The maximum Gasteiger partial charge on any atom is 0.526 e. The van der Waals surface area contributed by atoms with Crippen LogP contribution in [0.3, 0.4) is 0 Å². The second kappa shape index (κ2) is 6.96. The Balaban J connectivity index is 1.30. The number of nitrogens with one attached hydrogen (secondary N) is 1. The zero-order valence-corrected chi connectivity index (χ0v) is 17.1. The molecule has 4 heteroatoms. The van der Waals surface area contributed by atoms with E-state index in [4.69, 9.17) is 4.74 Å². The first-order valence-corrected chi connectivity index (χ1v) is 10.7. The van der Waals surface area contributed by atoms with E-state index in [0.717, 1.165) is 16.9 Å². The lowest BCUT2D eigenvalue weighted by atomic mass is 9.98. The number of hydrogen-bond acceptors (Lipinski definition) is 3. The number of hydrogen-bond donors (Lipinski definition) is 1. The molecule has 4 nitrogen and oxygen atoms in total. The molecule has 1 aliphatic carbocycles. The first-order valence-electron chi connectivity index (χ1n) is 10.7. The van der Waals surface area contributed by atoms with E-state index in [9.17, 15) is 4.79 Å². The number of para-hydroxylation sites is 1. The number of anilines is 1. The molecule has 31 heavy (non-hydrogen) atoms. The summed E-state index contributed by atoms with van der Waals surface area (Å²) in [5.41, 5.74) is 8.13. The third-order valence-corrected chi connectivity index (χ3v) is 6.70. The zero-order valence-electron chi connectivity index (χ0n) is 17.1. The topological polar surface area (TPSA) is 38.3 Å². The molecule has 0 saturated heterocycles. The molecular formula is C27H23N2O2+. The summed E-state index contributed by atoms with van der Waals surface area (Å²) in [6.07, 6.45) is 5.73. The SMILES string of the molecule is O=C(OCC1c2ccccc2-c2ccccc21)[N+]12C=CC=C1CNc1ccccc1C2. The zero-order chi connectivity index (χ0) is 20.8. The monoisotopic (exact) mass is 407 g/mol. The van der Waals surface area contributed by atoms with Crippen LogP contribution in [-0.4, -0.2) is 23.7 Å². The van der Waals surface area contributed by atoms with Gasteiger partial charge >= 0.3 is 6.09 Å². The van der Waals surface area contributed by atoms with Crippen molar-refractivity contribution in [1.29, 1.82) is 0 Å². The maximum absolute atomic E-state index is 13.6. The summed E-state index contributed by atoms with van der Waals surface area (Å²) in [5.74, 6) is 0.0611. The van der Waals surface area contributed by atoms with Gasteiger partial charge in [0.05, 0.1) is 6.54 Å². The standard InChI is InChI=1S/C27H23N2O2/c30-27(29-15-7-9-20(29)16-28-26-14-6-1-8-19(26)17-29)31-18-25-23-12-4-2-10-21(23)22-11-3-5-13-24(22)25/h1-15,25,28H,16-18H2/q+1. The van der Waals surface area contributed by atoms with Gasteiger partial charge in [0.2, 0.25) is 0 Å². The molecule has 2 aliphatic heterocycles. The molecule has 3 aromatic carbocycles. The highest BCUT2D eigenvalue weighted by Crippen LogP contribution is 2.45. The highest BCUT2D eigenvalue weighted by Gasteiger charge is 2.46. The number of amides is 1. The lowest BCUT2D eigenvalue weighted by molar-refractivity contribution is -0.777. The minimum absolute atomic E-state index is 0.0611. The molecule has 0 spiro atoms. The number of rotatable bonds is 2. The molecule has 1 atom stereocenters. The fourth-order valence-electron chi connectivity index (χ4n) is 5.12. The molecular weight excluding hydrogens is 384 g/mol. The maximum atomic E-state index is 13.6. The number of ether oxygens (including phenoxy) is 1. The fourth-order valence-corrected chi connectivity index (χ4v) is 5.12. The molecule has 0 aromatic heterocycles. The second-order valence-corrected chi connectivity index (χ2v) is 8.34. The number of fused-ring (bicyclic) bond motifs is 5. The van der Waals surface area contributed by atoms with Crippen molar-refractivity contribution in [2.24, 2.45) is 0 Å². The molecule has 1 N–H and O–H groups in total. The van der Waals surface area contributed by atoms with Crippen LogP contribution in [0, 0.1) is 0 Å². The van der Waals surface area contributed by atoms with Crippen molar-refractivity contribution in [3.8, 4) is 11.1 Å². The van der Waals surface area contributed by atoms with Crippen molar-refractivity contribution in [1.82, 2.24) is 0 Å². The smallest absolute Gasteiger partial charge is 0.418 e. The van der Waals surface area contributed by atoms with Crippen LogP contribution >= 0.6 is 0 Å². The Labute approximate surface area is 181 Å². The molecule has 3 aromatic rings. The van der Waals surface area contributed by atoms with Gasteiger partial charge in [0.15, 0.2) is 0 Å². The van der Waals surface area contributed by atoms with E-state index in [0.29, 0.717) is 19.7 Å². The van der Waals surface area contributed by atoms with Gasteiger partial charge in [-0.3, -0.25) is 0 Å². The number of quaternary nitrogens is 1. The lowest BCUT2D eigenvalue weighted by Gasteiger charge is -2.29. The Hall–Kier alpha value is -3.63. The van der Waals surface area contributed by atoms with E-state index in [1.165, 1.54) is 22.3 Å². The number of carbonyl (C=O) groups excluding carboxylic acids is 1. The molecule has 2 heterocycles. The van der Waals surface area contributed by atoms with E-state index >= 15 is 0 Å². The van der Waals surface area contributed by atoms with E-state index in [2.05, 4.69) is 66.0 Å². The van der Waals surface area contributed by atoms with Crippen molar-refractivity contribution in [2.75, 3.05) is 18.5 Å². The van der Waals surface area contributed by atoms with E-state index in [-0.39, 0.29) is 16.5 Å². The van der Waals surface area contributed by atoms with Gasteiger partial charge in [-0.05, 0) is 34.4 Å². The first kappa shape index (κ1) is 18.2. The Kier molecular flexibility index (Phi) is 4.08. The average molecular weight is 407 g/mol. The molecule has 0 radical (unpaired) electrons. The summed E-state index contributed by atoms with van der Waals surface area (Å²) < 4.78 is 6.17. The number of nitrogens with zero attached hydrogens (tertiary/aromatic N) is 1. The van der Waals surface area contributed by atoms with Crippen LogP contribution in [0.2, 0.25) is 0 Å². The van der Waals surface area contributed by atoms with E-state index in [1.807, 2.05) is 30.5 Å². The molecule has 3 aliphatic rings. The predicted octanol–water partition coefficient (Wildman–Crippen LogP) is 5.79. The average Bonchev–Trinajstić information content (AvgIpc) is 3.32. The Morgan fingerprint density at radius 2 is 1.61 bits per heavy atom. The summed E-state index contributed by atoms with van der Waals surface area (Å²) in [6.45, 7) is 1.51. The van der Waals surface area contributed by atoms with Crippen LogP contribution in [0.15, 0.2) is 96.8 Å². The van der Waals surface area contributed by atoms with Crippen molar-refractivity contribution >= 4 is 11.8 Å². The molecule has 0 fully saturated rings. The summed E-state index contributed by atoms with van der Waals surface area (Å²) >= 11 is 0. The lowest BCUT2D eigenvalue weighted by Crippen LogP contribution is -2.46. The largest absolute Gasteiger partial charge is 0.526 e. The van der Waals surface area contributed by atoms with Gasteiger partial charge in [0.1, 0.15) is 25.0 Å². The first-order chi connectivity index (χ1) is 15.3. The van der Waals surface area contributed by atoms with Crippen molar-refractivity contribution in [2.45, 2.75) is 12.5 Å². The number of benzene rings is 3. The Morgan fingerprint density at radius 1 is 0.935 bits per heavy atom. The summed E-state index contributed by atoms with van der Waals surface area (Å²) in [6, 6.07) is 25.0.